The van der Waals surface area contributed by atoms with E-state index in [1.165, 1.54) is 77.9 Å². The van der Waals surface area contributed by atoms with Crippen molar-refractivity contribution in [2.45, 2.75) is 5.41 Å². The molecule has 0 saturated carbocycles. The highest BCUT2D eigenvalue weighted by Crippen LogP contribution is 2.70. The summed E-state index contributed by atoms with van der Waals surface area (Å²) in [6.45, 7) is 0. The van der Waals surface area contributed by atoms with Gasteiger partial charge in [-0.3, -0.25) is 0 Å². The number of anilines is 3. The number of hydrogen-bond donors (Lipinski definition) is 0. The highest BCUT2D eigenvalue weighted by atomic mass is 16.3. The number of nitrogens with zero attached hydrogens (tertiary/aromatic N) is 1. The van der Waals surface area contributed by atoms with Gasteiger partial charge >= 0.3 is 0 Å². The summed E-state index contributed by atoms with van der Waals surface area (Å²) in [5.74, 6) is 0. The molecule has 0 fully saturated rings. The molecular weight excluding hydrogens is 691 g/mol. The lowest BCUT2D eigenvalue weighted by Crippen LogP contribution is -2.23. The van der Waals surface area contributed by atoms with Gasteiger partial charge in [0.2, 0.25) is 0 Å². The highest BCUT2D eigenvalue weighted by Gasteiger charge is 2.57. The molecule has 1 unspecified atom stereocenters. The Kier molecular flexibility index (Phi) is 6.13. The van der Waals surface area contributed by atoms with Gasteiger partial charge in [0.15, 0.2) is 0 Å². The Bertz CT molecular complexity index is 3250. The molecule has 0 aliphatic heterocycles. The van der Waals surface area contributed by atoms with E-state index in [9.17, 15) is 0 Å². The molecule has 1 heterocycles. The lowest BCUT2D eigenvalue weighted by Gasteiger charge is -2.28. The third-order valence-corrected chi connectivity index (χ3v) is 12.8. The Hall–Kier alpha value is -7.42. The molecule has 1 aromatic heterocycles. The molecule has 2 heteroatoms. The molecule has 3 aliphatic carbocycles. The minimum Gasteiger partial charge on any atom is -0.456 e. The fourth-order valence-electron chi connectivity index (χ4n) is 10.5. The number of para-hydroxylation sites is 1. The van der Waals surface area contributed by atoms with E-state index < -0.39 is 0 Å². The van der Waals surface area contributed by atoms with Crippen LogP contribution < -0.4 is 4.90 Å². The first-order valence-electron chi connectivity index (χ1n) is 19.8. The smallest absolute Gasteiger partial charge is 0.135 e. The predicted molar refractivity (Wildman–Crippen MR) is 235 cm³/mol. The fraction of sp³-hybridized carbons (Fsp3) is 0.0182. The summed E-state index contributed by atoms with van der Waals surface area (Å²) in [7, 11) is 0. The van der Waals surface area contributed by atoms with Crippen molar-refractivity contribution in [2.75, 3.05) is 4.90 Å². The number of rotatable bonds is 5. The maximum absolute atomic E-state index is 6.24. The van der Waals surface area contributed by atoms with Crippen LogP contribution in [-0.2, 0) is 5.41 Å². The molecule has 57 heavy (non-hydrogen) atoms. The molecule has 3 aliphatic rings. The lowest BCUT2D eigenvalue weighted by molar-refractivity contribution is 0.669. The molecule has 13 rings (SSSR count). The number of benzene rings is 9. The lowest BCUT2D eigenvalue weighted by atomic mass is 9.73. The van der Waals surface area contributed by atoms with E-state index in [-0.39, 0.29) is 5.41 Å². The maximum Gasteiger partial charge on any atom is 0.135 e. The van der Waals surface area contributed by atoms with Crippen molar-refractivity contribution in [1.82, 2.24) is 0 Å². The third kappa shape index (κ3) is 4.09. The second kappa shape index (κ2) is 11.3. The average Bonchev–Trinajstić information content (AvgIpc) is 3.99. The monoisotopic (exact) mass is 723 g/mol. The predicted octanol–water partition coefficient (Wildman–Crippen LogP) is 14.7. The van der Waals surface area contributed by atoms with Crippen LogP contribution in [0.4, 0.5) is 17.1 Å². The van der Waals surface area contributed by atoms with E-state index in [0.29, 0.717) is 0 Å². The van der Waals surface area contributed by atoms with E-state index in [0.717, 1.165) is 39.0 Å². The Labute approximate surface area is 330 Å². The van der Waals surface area contributed by atoms with Crippen LogP contribution in [0, 0.1) is 0 Å². The van der Waals surface area contributed by atoms with Gasteiger partial charge in [-0.25, -0.2) is 0 Å². The van der Waals surface area contributed by atoms with Gasteiger partial charge in [-0.1, -0.05) is 146 Å². The van der Waals surface area contributed by atoms with Gasteiger partial charge in [-0.2, -0.15) is 0 Å². The molecule has 1 atom stereocenters. The summed E-state index contributed by atoms with van der Waals surface area (Å²) in [6.07, 6.45) is 0. The number of fused-ring (bicyclic) bond motifs is 8. The van der Waals surface area contributed by atoms with Crippen LogP contribution in [-0.4, -0.2) is 0 Å². The molecular formula is C55H33NO. The molecule has 0 bridgehead atoms. The van der Waals surface area contributed by atoms with Crippen LogP contribution in [0.5, 0.6) is 0 Å². The second-order valence-electron chi connectivity index (χ2n) is 15.6. The fourth-order valence-corrected chi connectivity index (χ4v) is 10.5. The molecule has 2 nitrogen and oxygen atoms in total. The third-order valence-electron chi connectivity index (χ3n) is 12.8. The quantitative estimate of drug-likeness (QED) is 0.176. The summed E-state index contributed by atoms with van der Waals surface area (Å²) in [6, 6.07) is 73.5. The zero-order valence-corrected chi connectivity index (χ0v) is 30.9. The van der Waals surface area contributed by atoms with Crippen molar-refractivity contribution in [3.63, 3.8) is 0 Å². The minimum atomic E-state index is -0.293. The minimum absolute atomic E-state index is 0.293. The summed E-state index contributed by atoms with van der Waals surface area (Å²) in [4.78, 5) is 2.35. The van der Waals surface area contributed by atoms with Gasteiger partial charge in [0, 0.05) is 27.8 Å². The largest absolute Gasteiger partial charge is 0.456 e. The maximum atomic E-state index is 6.24. The van der Waals surface area contributed by atoms with E-state index in [2.05, 4.69) is 193 Å². The Morgan fingerprint density at radius 3 is 1.54 bits per heavy atom. The Morgan fingerprint density at radius 2 is 0.825 bits per heavy atom. The number of hydrogen-bond acceptors (Lipinski definition) is 2. The normalized spacial score (nSPS) is 15.1. The Morgan fingerprint density at radius 1 is 0.316 bits per heavy atom. The van der Waals surface area contributed by atoms with Crippen LogP contribution in [0.15, 0.2) is 205 Å². The summed E-state index contributed by atoms with van der Waals surface area (Å²) < 4.78 is 6.24. The molecule has 1 spiro atoms. The first kappa shape index (κ1) is 30.9. The molecule has 0 amide bonds. The van der Waals surface area contributed by atoms with Crippen molar-refractivity contribution in [3.05, 3.63) is 222 Å². The van der Waals surface area contributed by atoms with Gasteiger partial charge in [0.05, 0.1) is 5.41 Å². The molecule has 9 aromatic carbocycles. The van der Waals surface area contributed by atoms with Gasteiger partial charge in [-0.15, -0.1) is 0 Å². The Balaban J connectivity index is 0.947. The molecule has 0 saturated heterocycles. The van der Waals surface area contributed by atoms with Crippen LogP contribution in [0.3, 0.4) is 0 Å². The summed E-state index contributed by atoms with van der Waals surface area (Å²) in [5.41, 5.74) is 23.5. The summed E-state index contributed by atoms with van der Waals surface area (Å²) in [5, 5.41) is 2.23. The van der Waals surface area contributed by atoms with Crippen molar-refractivity contribution in [2.24, 2.45) is 0 Å². The van der Waals surface area contributed by atoms with Gasteiger partial charge in [0.25, 0.3) is 0 Å². The molecule has 0 radical (unpaired) electrons. The van der Waals surface area contributed by atoms with Crippen LogP contribution in [0.25, 0.3) is 77.6 Å². The molecule has 264 valence electrons. The van der Waals surface area contributed by atoms with Crippen molar-refractivity contribution in [3.8, 4) is 55.6 Å². The van der Waals surface area contributed by atoms with Crippen LogP contribution in [0.2, 0.25) is 0 Å². The standard InChI is InChI=1S/C55H33NO/c1-2-10-34(11-3-1)35-20-25-38(26-21-35)56(40-29-31-52-48(33-40)43-13-5-7-19-51(43)57-52)39-27-22-36(23-28-39)37-24-30-42-45-15-9-17-47-46-16-8-14-44-41-12-4-6-18-49(41)55(53(44)46,54(45)47)50(42)32-37/h1-33H. The highest BCUT2D eigenvalue weighted by molar-refractivity contribution is 6.08. The van der Waals surface area contributed by atoms with E-state index in [1.54, 1.807) is 0 Å². The molecule has 10 aromatic rings. The zero-order valence-electron chi connectivity index (χ0n) is 30.9. The first-order valence-corrected chi connectivity index (χ1v) is 19.8. The first-order chi connectivity index (χ1) is 28.3. The molecule has 0 N–H and O–H groups in total. The average molecular weight is 724 g/mol. The van der Waals surface area contributed by atoms with Crippen molar-refractivity contribution < 1.29 is 4.42 Å². The van der Waals surface area contributed by atoms with Crippen molar-refractivity contribution >= 4 is 39.0 Å². The van der Waals surface area contributed by atoms with Gasteiger partial charge < -0.3 is 9.32 Å². The van der Waals surface area contributed by atoms with Crippen LogP contribution >= 0.6 is 0 Å². The van der Waals surface area contributed by atoms with E-state index >= 15 is 0 Å². The number of furan rings is 1. The zero-order chi connectivity index (χ0) is 37.2. The van der Waals surface area contributed by atoms with Crippen molar-refractivity contribution in [1.29, 1.82) is 0 Å². The van der Waals surface area contributed by atoms with Gasteiger partial charge in [0.1, 0.15) is 11.2 Å². The topological polar surface area (TPSA) is 16.4 Å². The van der Waals surface area contributed by atoms with Gasteiger partial charge in [-0.05, 0) is 132 Å². The summed E-state index contributed by atoms with van der Waals surface area (Å²) >= 11 is 0. The second-order valence-corrected chi connectivity index (χ2v) is 15.6. The van der Waals surface area contributed by atoms with E-state index in [4.69, 9.17) is 4.42 Å². The van der Waals surface area contributed by atoms with E-state index in [1.807, 2.05) is 12.1 Å². The van der Waals surface area contributed by atoms with Crippen LogP contribution in [0.1, 0.15) is 22.3 Å². The SMILES string of the molecule is c1ccc(-c2ccc(N(c3ccc(-c4ccc5c(c4)C46c7ccccc7-c7cccc(c74)-c4cccc-5c46)cc3)c3ccc4oc5ccccc5c4c3)cc2)cc1.